The summed E-state index contributed by atoms with van der Waals surface area (Å²) in [6.45, 7) is 0. The molecule has 0 aliphatic rings. The van der Waals surface area contributed by atoms with E-state index in [1.54, 1.807) is 0 Å². The van der Waals surface area contributed by atoms with Crippen LogP contribution >= 0.6 is 22.7 Å². The number of aromatic nitrogens is 1. The van der Waals surface area contributed by atoms with Gasteiger partial charge in [0.25, 0.3) is 0 Å². The Morgan fingerprint density at radius 2 is 0.712 bits per heavy atom. The van der Waals surface area contributed by atoms with E-state index in [1.807, 2.05) is 22.7 Å². The molecule has 12 aromatic rings. The summed E-state index contributed by atoms with van der Waals surface area (Å²) in [5.74, 6) is 0. The molecule has 0 aliphatic heterocycles. The van der Waals surface area contributed by atoms with Gasteiger partial charge < -0.3 is 14.4 Å². The highest BCUT2D eigenvalue weighted by atomic mass is 32.1. The normalized spacial score (nSPS) is 11.7. The lowest BCUT2D eigenvalue weighted by Crippen LogP contribution is -2.10. The molecule has 0 amide bonds. The molecule has 0 radical (unpaired) electrons. The number of thiophene rings is 2. The fourth-order valence-corrected chi connectivity index (χ4v) is 11.6. The van der Waals surface area contributed by atoms with Crippen molar-refractivity contribution >= 4 is 119 Å². The second-order valence-corrected chi connectivity index (χ2v) is 17.0. The van der Waals surface area contributed by atoms with Crippen molar-refractivity contribution < 1.29 is 0 Å². The Labute approximate surface area is 349 Å². The van der Waals surface area contributed by atoms with Crippen LogP contribution in [-0.4, -0.2) is 4.57 Å². The van der Waals surface area contributed by atoms with Crippen molar-refractivity contribution in [1.82, 2.24) is 4.57 Å². The Hall–Kier alpha value is -7.18. The van der Waals surface area contributed by atoms with E-state index in [4.69, 9.17) is 0 Å². The quantitative estimate of drug-likeness (QED) is 0.159. The van der Waals surface area contributed by atoms with Crippen molar-refractivity contribution in [1.29, 1.82) is 0 Å². The maximum absolute atomic E-state index is 2.52. The van der Waals surface area contributed by atoms with Gasteiger partial charge in [-0.25, -0.2) is 0 Å². The van der Waals surface area contributed by atoms with Crippen LogP contribution < -0.4 is 9.80 Å². The predicted molar refractivity (Wildman–Crippen MR) is 256 cm³/mol. The molecule has 59 heavy (non-hydrogen) atoms. The van der Waals surface area contributed by atoms with E-state index >= 15 is 0 Å². The summed E-state index contributed by atoms with van der Waals surface area (Å²) in [7, 11) is 0. The number of nitrogens with zero attached hydrogens (tertiary/aromatic N) is 3. The topological polar surface area (TPSA) is 11.4 Å². The van der Waals surface area contributed by atoms with Gasteiger partial charge in [-0.3, -0.25) is 0 Å². The first kappa shape index (κ1) is 33.9. The summed E-state index contributed by atoms with van der Waals surface area (Å²) in [5, 5.41) is 7.69. The number of para-hydroxylation sites is 5. The van der Waals surface area contributed by atoms with Gasteiger partial charge in [0, 0.05) is 74.9 Å². The fourth-order valence-electron chi connectivity index (χ4n) is 9.07. The largest absolute Gasteiger partial charge is 0.310 e. The molecule has 0 saturated carbocycles. The number of anilines is 6. The molecule has 0 atom stereocenters. The summed E-state index contributed by atoms with van der Waals surface area (Å²) in [6.07, 6.45) is 0. The minimum Gasteiger partial charge on any atom is -0.310 e. The highest BCUT2D eigenvalue weighted by Crippen LogP contribution is 2.55. The number of hydrogen-bond donors (Lipinski definition) is 0. The zero-order chi connectivity index (χ0) is 38.9. The zero-order valence-corrected chi connectivity index (χ0v) is 33.5. The summed E-state index contributed by atoms with van der Waals surface area (Å²) >= 11 is 3.80. The third-order valence-electron chi connectivity index (χ3n) is 11.5. The smallest absolute Gasteiger partial charge is 0.0661 e. The van der Waals surface area contributed by atoms with Crippen molar-refractivity contribution in [3.63, 3.8) is 0 Å². The zero-order valence-electron chi connectivity index (χ0n) is 31.9. The third-order valence-corrected chi connectivity index (χ3v) is 13.9. The first-order chi connectivity index (χ1) is 29.3. The standard InChI is InChI=1S/C54H35N3S2/c1-6-20-36(21-7-1)55(37-22-8-2-9-23-37)43-34-45-52(54-49(43)41-30-16-18-32-47(41)59-54)51-44(57(45)40-28-14-5-15-29-40)35-46(53-50(51)42-31-17-19-33-48(42)58-53)56(38-24-10-3-11-25-38)39-26-12-4-13-27-39/h1-35H. The molecule has 0 spiro atoms. The van der Waals surface area contributed by atoms with Gasteiger partial charge in [-0.15, -0.1) is 22.7 Å². The Bertz CT molecular complexity index is 3400. The van der Waals surface area contributed by atoms with Crippen molar-refractivity contribution in [3.8, 4) is 5.69 Å². The van der Waals surface area contributed by atoms with Crippen molar-refractivity contribution in [2.24, 2.45) is 0 Å². The minimum absolute atomic E-state index is 1.12. The molecule has 3 heterocycles. The Morgan fingerprint density at radius 1 is 0.322 bits per heavy atom. The van der Waals surface area contributed by atoms with Crippen LogP contribution in [0.25, 0.3) is 67.8 Å². The van der Waals surface area contributed by atoms with Gasteiger partial charge in [0.2, 0.25) is 0 Å². The molecule has 0 aliphatic carbocycles. The van der Waals surface area contributed by atoms with Crippen LogP contribution in [0.4, 0.5) is 34.1 Å². The highest BCUT2D eigenvalue weighted by molar-refractivity contribution is 7.27. The monoisotopic (exact) mass is 789 g/mol. The average molecular weight is 790 g/mol. The van der Waals surface area contributed by atoms with Crippen LogP contribution in [-0.2, 0) is 0 Å². The predicted octanol–water partition coefficient (Wildman–Crippen LogP) is 16.5. The van der Waals surface area contributed by atoms with Crippen LogP contribution in [0.3, 0.4) is 0 Å². The van der Waals surface area contributed by atoms with Gasteiger partial charge in [0.1, 0.15) is 0 Å². The molecular formula is C54H35N3S2. The Kier molecular flexibility index (Phi) is 7.90. The van der Waals surface area contributed by atoms with Gasteiger partial charge >= 0.3 is 0 Å². The van der Waals surface area contributed by atoms with E-state index < -0.39 is 0 Å². The lowest BCUT2D eigenvalue weighted by Gasteiger charge is -2.27. The van der Waals surface area contributed by atoms with E-state index in [-0.39, 0.29) is 0 Å². The third kappa shape index (κ3) is 5.32. The Balaban J connectivity index is 1.33. The van der Waals surface area contributed by atoms with E-state index in [9.17, 15) is 0 Å². The number of fused-ring (bicyclic) bond motifs is 11. The fraction of sp³-hybridized carbons (Fsp3) is 0. The van der Waals surface area contributed by atoms with Crippen LogP contribution in [0.2, 0.25) is 0 Å². The van der Waals surface area contributed by atoms with Crippen LogP contribution in [0.5, 0.6) is 0 Å². The highest BCUT2D eigenvalue weighted by Gasteiger charge is 2.29. The number of rotatable bonds is 7. The SMILES string of the molecule is c1ccc(N(c2ccccc2)c2cc3c(c4c2sc2ccccc24)c2c4sc5ccccc5c4c(N(c4ccccc4)c4ccccc4)cc2n3-c2ccccc2)cc1. The molecule has 12 rings (SSSR count). The van der Waals surface area contributed by atoms with Gasteiger partial charge in [0.05, 0.1) is 27.1 Å². The molecule has 5 heteroatoms. The minimum atomic E-state index is 1.12. The van der Waals surface area contributed by atoms with Gasteiger partial charge in [-0.05, 0) is 84.9 Å². The lowest BCUT2D eigenvalue weighted by atomic mass is 10.0. The maximum atomic E-state index is 2.52. The molecule has 9 aromatic carbocycles. The molecule has 0 saturated heterocycles. The molecule has 0 bridgehead atoms. The molecular weight excluding hydrogens is 755 g/mol. The van der Waals surface area contributed by atoms with Gasteiger partial charge in [-0.2, -0.15) is 0 Å². The second-order valence-electron chi connectivity index (χ2n) is 14.9. The maximum Gasteiger partial charge on any atom is 0.0661 e. The van der Waals surface area contributed by atoms with Crippen molar-refractivity contribution in [2.45, 2.75) is 0 Å². The molecule has 0 N–H and O–H groups in total. The van der Waals surface area contributed by atoms with E-state index in [0.29, 0.717) is 0 Å². The second kappa shape index (κ2) is 13.7. The molecule has 0 unspecified atom stereocenters. The summed E-state index contributed by atoms with van der Waals surface area (Å²) < 4.78 is 7.65. The van der Waals surface area contributed by atoms with Crippen LogP contribution in [0.15, 0.2) is 212 Å². The first-order valence-electron chi connectivity index (χ1n) is 19.9. The van der Waals surface area contributed by atoms with E-state index in [2.05, 4.69) is 227 Å². The molecule has 278 valence electrons. The number of benzene rings is 9. The lowest BCUT2D eigenvalue weighted by molar-refractivity contribution is 1.18. The summed E-state index contributed by atoms with van der Waals surface area (Å²) in [6, 6.07) is 77.0. The van der Waals surface area contributed by atoms with Gasteiger partial charge in [-0.1, -0.05) is 127 Å². The van der Waals surface area contributed by atoms with Crippen molar-refractivity contribution in [2.75, 3.05) is 9.80 Å². The van der Waals surface area contributed by atoms with Crippen LogP contribution in [0.1, 0.15) is 0 Å². The van der Waals surface area contributed by atoms with Crippen LogP contribution in [0, 0.1) is 0 Å². The van der Waals surface area contributed by atoms with Crippen molar-refractivity contribution in [3.05, 3.63) is 212 Å². The van der Waals surface area contributed by atoms with E-state index in [0.717, 1.165) is 39.8 Å². The summed E-state index contributed by atoms with van der Waals surface area (Å²) in [5.41, 5.74) is 10.3. The molecule has 3 nitrogen and oxygen atoms in total. The number of hydrogen-bond acceptors (Lipinski definition) is 4. The first-order valence-corrected chi connectivity index (χ1v) is 21.6. The molecule has 0 fully saturated rings. The summed E-state index contributed by atoms with van der Waals surface area (Å²) in [4.78, 5) is 4.89. The Morgan fingerprint density at radius 3 is 1.24 bits per heavy atom. The average Bonchev–Trinajstić information content (AvgIpc) is 3.98. The van der Waals surface area contributed by atoms with Gasteiger partial charge in [0.15, 0.2) is 0 Å². The molecule has 3 aromatic heterocycles. The van der Waals surface area contributed by atoms with E-state index in [1.165, 1.54) is 62.2 Å².